The van der Waals surface area contributed by atoms with Crippen LogP contribution in [0.5, 0.6) is 17.2 Å². The van der Waals surface area contributed by atoms with Crippen LogP contribution in [0.1, 0.15) is 23.4 Å². The zero-order valence-electron chi connectivity index (χ0n) is 14.9. The largest absolute Gasteiger partial charge is 0.550 e. The van der Waals surface area contributed by atoms with Gasteiger partial charge >= 0.3 is 0 Å². The van der Waals surface area contributed by atoms with Gasteiger partial charge in [-0.25, -0.2) is 4.98 Å². The van der Waals surface area contributed by atoms with Gasteiger partial charge < -0.3 is 24.5 Å². The zero-order valence-corrected chi connectivity index (χ0v) is 15.7. The van der Waals surface area contributed by atoms with Gasteiger partial charge in [0.15, 0.2) is 11.5 Å². The number of hydrogen-bond acceptors (Lipinski definition) is 7. The standard InChI is InChI=1S/C20H19NO5S/c1-25-15-10-12(11-16(26-2)19(15)24)9-13(7-8-18(22)23)20-21-14-5-3-4-6-17(14)27-20/h3-6,9-11,24H,7-8H2,1-2H3,(H,22,23)/p-1/b13-9+. The van der Waals surface area contributed by atoms with Gasteiger partial charge in [-0.15, -0.1) is 11.3 Å². The molecule has 0 aliphatic heterocycles. The fourth-order valence-corrected chi connectivity index (χ4v) is 3.69. The molecule has 0 unspecified atom stereocenters. The second-order valence-electron chi connectivity index (χ2n) is 5.80. The molecule has 0 spiro atoms. The van der Waals surface area contributed by atoms with E-state index >= 15 is 0 Å². The molecule has 6 nitrogen and oxygen atoms in total. The molecule has 1 heterocycles. The summed E-state index contributed by atoms with van der Waals surface area (Å²) in [6.07, 6.45) is 1.98. The third-order valence-corrected chi connectivity index (χ3v) is 5.12. The molecule has 0 radical (unpaired) electrons. The first-order valence-electron chi connectivity index (χ1n) is 8.23. The van der Waals surface area contributed by atoms with E-state index in [9.17, 15) is 15.0 Å². The Morgan fingerprint density at radius 1 is 1.19 bits per heavy atom. The second-order valence-corrected chi connectivity index (χ2v) is 6.83. The lowest BCUT2D eigenvalue weighted by atomic mass is 10.1. The van der Waals surface area contributed by atoms with Crippen LogP contribution in [-0.4, -0.2) is 30.3 Å². The minimum atomic E-state index is -1.12. The van der Waals surface area contributed by atoms with Crippen molar-refractivity contribution in [2.45, 2.75) is 12.8 Å². The van der Waals surface area contributed by atoms with Gasteiger partial charge in [0.1, 0.15) is 5.01 Å². The highest BCUT2D eigenvalue weighted by atomic mass is 32.1. The first-order valence-corrected chi connectivity index (χ1v) is 9.05. The maximum absolute atomic E-state index is 11.0. The van der Waals surface area contributed by atoms with Gasteiger partial charge in [-0.05, 0) is 54.3 Å². The lowest BCUT2D eigenvalue weighted by molar-refractivity contribution is -0.305. The highest BCUT2D eigenvalue weighted by molar-refractivity contribution is 7.19. The number of carboxylic acids is 1. The molecule has 3 rings (SSSR count). The molecular weight excluding hydrogens is 366 g/mol. The molecular formula is C20H18NO5S-. The van der Waals surface area contributed by atoms with Crippen molar-refractivity contribution in [2.24, 2.45) is 0 Å². The number of aliphatic carboxylic acids is 1. The summed E-state index contributed by atoms with van der Waals surface area (Å²) < 4.78 is 11.4. The van der Waals surface area contributed by atoms with Gasteiger partial charge in [0.2, 0.25) is 5.75 Å². The van der Waals surface area contributed by atoms with Crippen molar-refractivity contribution >= 4 is 39.2 Å². The number of thiazole rings is 1. The van der Waals surface area contributed by atoms with Crippen LogP contribution in [0.2, 0.25) is 0 Å². The fraction of sp³-hybridized carbons (Fsp3) is 0.200. The Balaban J connectivity index is 2.08. The third-order valence-electron chi connectivity index (χ3n) is 4.01. The number of para-hydroxylation sites is 1. The van der Waals surface area contributed by atoms with E-state index < -0.39 is 5.97 Å². The second kappa shape index (κ2) is 8.09. The Bertz CT molecular complexity index is 951. The number of phenols is 1. The molecule has 0 atom stereocenters. The molecule has 0 amide bonds. The highest BCUT2D eigenvalue weighted by Gasteiger charge is 2.13. The number of methoxy groups -OCH3 is 2. The van der Waals surface area contributed by atoms with Crippen LogP contribution in [0.15, 0.2) is 36.4 Å². The fourth-order valence-electron chi connectivity index (χ4n) is 2.69. The molecule has 27 heavy (non-hydrogen) atoms. The van der Waals surface area contributed by atoms with Crippen LogP contribution in [0, 0.1) is 0 Å². The molecule has 7 heteroatoms. The first-order chi connectivity index (χ1) is 13.0. The van der Waals surface area contributed by atoms with Crippen molar-refractivity contribution in [1.82, 2.24) is 4.98 Å². The molecule has 140 valence electrons. The summed E-state index contributed by atoms with van der Waals surface area (Å²) in [7, 11) is 2.90. The summed E-state index contributed by atoms with van der Waals surface area (Å²) in [5.74, 6) is -0.676. The number of carboxylic acid groups (broad SMARTS) is 1. The number of carbonyl (C=O) groups excluding carboxylic acids is 1. The predicted octanol–water partition coefficient (Wildman–Crippen LogP) is 3.09. The zero-order chi connectivity index (χ0) is 19.4. The lowest BCUT2D eigenvalue weighted by Gasteiger charge is -2.11. The Morgan fingerprint density at radius 2 is 1.85 bits per heavy atom. The number of aromatic hydroxyl groups is 1. The number of hydrogen-bond donors (Lipinski definition) is 1. The van der Waals surface area contributed by atoms with Gasteiger partial charge in [-0.3, -0.25) is 0 Å². The molecule has 0 saturated carbocycles. The third kappa shape index (κ3) is 4.20. The van der Waals surface area contributed by atoms with E-state index in [-0.39, 0.29) is 30.1 Å². The van der Waals surface area contributed by atoms with Gasteiger partial charge in [0.25, 0.3) is 0 Å². The van der Waals surface area contributed by atoms with E-state index in [0.717, 1.165) is 20.8 Å². The van der Waals surface area contributed by atoms with Gasteiger partial charge in [0.05, 0.1) is 24.4 Å². The number of ether oxygens (including phenoxy) is 2. The SMILES string of the molecule is COc1cc(/C=C(\CCC(=O)[O-])c2nc3ccccc3s2)cc(OC)c1O. The van der Waals surface area contributed by atoms with E-state index in [1.54, 1.807) is 12.1 Å². The average Bonchev–Trinajstić information content (AvgIpc) is 3.09. The van der Waals surface area contributed by atoms with E-state index in [0.29, 0.717) is 5.56 Å². The van der Waals surface area contributed by atoms with E-state index in [1.165, 1.54) is 25.6 Å². The molecule has 0 fully saturated rings. The van der Waals surface area contributed by atoms with Crippen molar-refractivity contribution in [3.63, 3.8) is 0 Å². The van der Waals surface area contributed by atoms with Crippen molar-refractivity contribution < 1.29 is 24.5 Å². The number of phenolic OH excluding ortho intramolecular Hbond substituents is 1. The van der Waals surface area contributed by atoms with Crippen LogP contribution in [0.4, 0.5) is 0 Å². The van der Waals surface area contributed by atoms with Gasteiger partial charge in [-0.2, -0.15) is 0 Å². The van der Waals surface area contributed by atoms with Crippen LogP contribution in [0.25, 0.3) is 21.9 Å². The number of fused-ring (bicyclic) bond motifs is 1. The van der Waals surface area contributed by atoms with Gasteiger partial charge in [-0.1, -0.05) is 12.1 Å². The van der Waals surface area contributed by atoms with E-state index in [4.69, 9.17) is 9.47 Å². The van der Waals surface area contributed by atoms with Crippen LogP contribution >= 0.6 is 11.3 Å². The van der Waals surface area contributed by atoms with Crippen LogP contribution in [0.3, 0.4) is 0 Å². The molecule has 0 bridgehead atoms. The maximum atomic E-state index is 11.0. The number of carbonyl (C=O) groups is 1. The Hall–Kier alpha value is -3.06. The van der Waals surface area contributed by atoms with Crippen LogP contribution < -0.4 is 14.6 Å². The summed E-state index contributed by atoms with van der Waals surface area (Å²) >= 11 is 1.49. The molecule has 1 N–H and O–H groups in total. The van der Waals surface area contributed by atoms with Crippen molar-refractivity contribution in [3.8, 4) is 17.2 Å². The monoisotopic (exact) mass is 384 g/mol. The molecule has 0 aliphatic carbocycles. The summed E-state index contributed by atoms with van der Waals surface area (Å²) in [5.41, 5.74) is 2.32. The number of rotatable bonds is 7. The molecule has 1 aromatic heterocycles. The molecule has 2 aromatic carbocycles. The average molecular weight is 384 g/mol. The normalized spacial score (nSPS) is 11.6. The minimum absolute atomic E-state index is 0.0894. The quantitative estimate of drug-likeness (QED) is 0.673. The smallest absolute Gasteiger partial charge is 0.200 e. The summed E-state index contributed by atoms with van der Waals surface area (Å²) in [4.78, 5) is 15.6. The first kappa shape index (κ1) is 18.7. The van der Waals surface area contributed by atoms with E-state index in [1.807, 2.05) is 30.3 Å². The number of benzene rings is 2. The van der Waals surface area contributed by atoms with Crippen molar-refractivity contribution in [2.75, 3.05) is 14.2 Å². The van der Waals surface area contributed by atoms with E-state index in [2.05, 4.69) is 4.98 Å². The number of aromatic nitrogens is 1. The number of nitrogens with zero attached hydrogens (tertiary/aromatic N) is 1. The van der Waals surface area contributed by atoms with Gasteiger partial charge in [0, 0.05) is 5.97 Å². The Kier molecular flexibility index (Phi) is 5.61. The molecule has 0 aliphatic rings. The predicted molar refractivity (Wildman–Crippen MR) is 103 cm³/mol. The van der Waals surface area contributed by atoms with Crippen LogP contribution in [-0.2, 0) is 4.79 Å². The summed E-state index contributed by atoms with van der Waals surface area (Å²) in [6.45, 7) is 0. The number of allylic oxidation sites excluding steroid dienone is 1. The van der Waals surface area contributed by atoms with Crippen molar-refractivity contribution in [3.05, 3.63) is 47.0 Å². The molecule has 3 aromatic rings. The Labute approximate surface area is 160 Å². The highest BCUT2D eigenvalue weighted by Crippen LogP contribution is 2.39. The molecule has 0 saturated heterocycles. The summed E-state index contributed by atoms with van der Waals surface area (Å²) in [6, 6.07) is 11.0. The maximum Gasteiger partial charge on any atom is 0.200 e. The summed E-state index contributed by atoms with van der Waals surface area (Å²) in [5, 5.41) is 21.8. The lowest BCUT2D eigenvalue weighted by Crippen LogP contribution is -2.21. The minimum Gasteiger partial charge on any atom is -0.550 e. The topological polar surface area (TPSA) is 91.7 Å². The Morgan fingerprint density at radius 3 is 2.44 bits per heavy atom. The van der Waals surface area contributed by atoms with Crippen molar-refractivity contribution in [1.29, 1.82) is 0 Å².